The molecule has 0 spiro atoms. The highest BCUT2D eigenvalue weighted by atomic mass is 32.2. The molecule has 1 fully saturated rings. The molecule has 30 heavy (non-hydrogen) atoms. The number of carbonyl (C=O) groups excluding carboxylic acids is 2. The first-order valence-electron chi connectivity index (χ1n) is 9.29. The molecule has 1 heterocycles. The van der Waals surface area contributed by atoms with Gasteiger partial charge in [0.05, 0.1) is 16.5 Å². The number of hydrazine groups is 1. The van der Waals surface area contributed by atoms with Crippen LogP contribution in [0.1, 0.15) is 34.3 Å². The lowest BCUT2D eigenvalue weighted by molar-refractivity contribution is -0.117. The molecule has 0 aromatic heterocycles. The third-order valence-corrected chi connectivity index (χ3v) is 6.50. The Labute approximate surface area is 174 Å². The zero-order valence-corrected chi connectivity index (χ0v) is 16.9. The van der Waals surface area contributed by atoms with Gasteiger partial charge in [-0.2, -0.15) is 9.57 Å². The van der Waals surface area contributed by atoms with Crippen LogP contribution < -0.4 is 10.9 Å². The number of hydrogen-bond acceptors (Lipinski definition) is 5. The summed E-state index contributed by atoms with van der Waals surface area (Å²) in [4.78, 5) is 24.2. The average molecular weight is 424 g/mol. The van der Waals surface area contributed by atoms with Crippen LogP contribution in [0.15, 0.2) is 59.5 Å². The predicted molar refractivity (Wildman–Crippen MR) is 110 cm³/mol. The van der Waals surface area contributed by atoms with E-state index in [4.69, 9.17) is 5.26 Å². The van der Waals surface area contributed by atoms with E-state index in [0.717, 1.165) is 18.4 Å². The van der Waals surface area contributed by atoms with Crippen molar-refractivity contribution in [2.24, 2.45) is 0 Å². The lowest BCUT2D eigenvalue weighted by Gasteiger charge is -2.15. The summed E-state index contributed by atoms with van der Waals surface area (Å²) in [6, 6.07) is 14.2. The second-order valence-electron chi connectivity index (χ2n) is 6.65. The maximum absolute atomic E-state index is 12.5. The van der Waals surface area contributed by atoms with Crippen molar-refractivity contribution in [1.29, 1.82) is 5.26 Å². The van der Waals surface area contributed by atoms with E-state index in [-0.39, 0.29) is 10.5 Å². The van der Waals surface area contributed by atoms with Gasteiger partial charge in [-0.25, -0.2) is 8.42 Å². The predicted octanol–water partition coefficient (Wildman–Crippen LogP) is 1.82. The Balaban J connectivity index is 1.54. The summed E-state index contributed by atoms with van der Waals surface area (Å²) in [5, 5.41) is 8.76. The molecule has 2 amide bonds. The molecule has 0 saturated carbocycles. The number of rotatable bonds is 5. The fourth-order valence-electron chi connectivity index (χ4n) is 2.93. The van der Waals surface area contributed by atoms with Crippen LogP contribution in [0, 0.1) is 11.3 Å². The minimum atomic E-state index is -3.54. The zero-order valence-electron chi connectivity index (χ0n) is 16.0. The van der Waals surface area contributed by atoms with Crippen LogP contribution in [0.3, 0.4) is 0 Å². The number of nitrogens with one attached hydrogen (secondary N) is 2. The Hall–Kier alpha value is -3.48. The van der Waals surface area contributed by atoms with Crippen LogP contribution in [-0.2, 0) is 14.8 Å². The summed E-state index contributed by atoms with van der Waals surface area (Å²) >= 11 is 0. The smallest absolute Gasteiger partial charge is 0.268 e. The zero-order chi connectivity index (χ0) is 21.6. The Morgan fingerprint density at radius 2 is 1.60 bits per heavy atom. The minimum Gasteiger partial charge on any atom is -0.268 e. The van der Waals surface area contributed by atoms with E-state index in [1.165, 1.54) is 34.6 Å². The van der Waals surface area contributed by atoms with Gasteiger partial charge in [0.2, 0.25) is 10.0 Å². The molecule has 8 nitrogen and oxygen atoms in total. The monoisotopic (exact) mass is 424 g/mol. The SMILES string of the molecule is N#Cc1ccc(/C=C/C(=O)NNC(=O)c2ccc(S(=O)(=O)N3CCCC3)cc2)cc1. The van der Waals surface area contributed by atoms with E-state index in [9.17, 15) is 18.0 Å². The third-order valence-electron chi connectivity index (χ3n) is 4.59. The summed E-state index contributed by atoms with van der Waals surface area (Å²) in [6.45, 7) is 1.01. The summed E-state index contributed by atoms with van der Waals surface area (Å²) in [5.41, 5.74) is 5.99. The highest BCUT2D eigenvalue weighted by Gasteiger charge is 2.27. The molecule has 2 N–H and O–H groups in total. The summed E-state index contributed by atoms with van der Waals surface area (Å²) in [5.74, 6) is -1.11. The van der Waals surface area contributed by atoms with Crippen LogP contribution in [0.25, 0.3) is 6.08 Å². The number of carbonyl (C=O) groups is 2. The van der Waals surface area contributed by atoms with Gasteiger partial charge in [0.1, 0.15) is 0 Å². The quantitative estimate of drug-likeness (QED) is 0.560. The molecular weight excluding hydrogens is 404 g/mol. The summed E-state index contributed by atoms with van der Waals surface area (Å²) < 4.78 is 26.4. The molecule has 0 aliphatic carbocycles. The van der Waals surface area contributed by atoms with Crippen LogP contribution >= 0.6 is 0 Å². The molecule has 1 saturated heterocycles. The number of amides is 2. The van der Waals surface area contributed by atoms with Crippen molar-refractivity contribution in [1.82, 2.24) is 15.2 Å². The normalized spacial score (nSPS) is 14.4. The van der Waals surface area contributed by atoms with Crippen LogP contribution in [0.5, 0.6) is 0 Å². The molecule has 2 aromatic rings. The molecular formula is C21H20N4O4S. The van der Waals surface area contributed by atoms with Gasteiger partial charge in [-0.1, -0.05) is 12.1 Å². The van der Waals surface area contributed by atoms with Gasteiger partial charge in [0, 0.05) is 24.7 Å². The third kappa shape index (κ3) is 5.11. The Kier molecular flexibility index (Phi) is 6.61. The Morgan fingerprint density at radius 1 is 0.967 bits per heavy atom. The van der Waals surface area contributed by atoms with Crippen molar-refractivity contribution in [2.45, 2.75) is 17.7 Å². The van der Waals surface area contributed by atoms with Crippen molar-refractivity contribution in [2.75, 3.05) is 13.1 Å². The van der Waals surface area contributed by atoms with Gasteiger partial charge < -0.3 is 0 Å². The van der Waals surface area contributed by atoms with Crippen molar-refractivity contribution in [3.8, 4) is 6.07 Å². The van der Waals surface area contributed by atoms with E-state index in [1.807, 2.05) is 6.07 Å². The molecule has 154 valence electrons. The first-order chi connectivity index (χ1) is 14.4. The average Bonchev–Trinajstić information content (AvgIpc) is 3.32. The van der Waals surface area contributed by atoms with Gasteiger partial charge in [-0.3, -0.25) is 20.4 Å². The van der Waals surface area contributed by atoms with Gasteiger partial charge in [0.25, 0.3) is 11.8 Å². The van der Waals surface area contributed by atoms with Crippen molar-refractivity contribution in [3.05, 3.63) is 71.3 Å². The summed E-state index contributed by atoms with van der Waals surface area (Å²) in [6.07, 6.45) is 4.48. The fourth-order valence-corrected chi connectivity index (χ4v) is 4.45. The van der Waals surface area contributed by atoms with Crippen LogP contribution in [0.2, 0.25) is 0 Å². The van der Waals surface area contributed by atoms with Crippen molar-refractivity contribution >= 4 is 27.9 Å². The summed E-state index contributed by atoms with van der Waals surface area (Å²) in [7, 11) is -3.54. The van der Waals surface area contributed by atoms with E-state index in [1.54, 1.807) is 30.3 Å². The number of sulfonamides is 1. The molecule has 1 aliphatic rings. The largest absolute Gasteiger partial charge is 0.269 e. The van der Waals surface area contributed by atoms with Gasteiger partial charge in [0.15, 0.2) is 0 Å². The molecule has 9 heteroatoms. The standard InChI is InChI=1S/C21H20N4O4S/c22-15-17-5-3-16(4-6-17)7-12-20(26)23-24-21(27)18-8-10-19(11-9-18)30(28,29)25-13-1-2-14-25/h3-12H,1-2,13-14H2,(H,23,26)(H,24,27)/b12-7+. The fraction of sp³-hybridized carbons (Fsp3) is 0.190. The Morgan fingerprint density at radius 3 is 2.20 bits per heavy atom. The maximum atomic E-state index is 12.5. The van der Waals surface area contributed by atoms with E-state index >= 15 is 0 Å². The van der Waals surface area contributed by atoms with Crippen molar-refractivity contribution < 1.29 is 18.0 Å². The minimum absolute atomic E-state index is 0.135. The Bertz CT molecular complexity index is 1100. The van der Waals surface area contributed by atoms with Crippen LogP contribution in [-0.4, -0.2) is 37.6 Å². The highest BCUT2D eigenvalue weighted by Crippen LogP contribution is 2.21. The highest BCUT2D eigenvalue weighted by molar-refractivity contribution is 7.89. The first-order valence-corrected chi connectivity index (χ1v) is 10.7. The van der Waals surface area contributed by atoms with E-state index in [0.29, 0.717) is 18.7 Å². The number of nitrogens with zero attached hydrogens (tertiary/aromatic N) is 2. The molecule has 2 aromatic carbocycles. The topological polar surface area (TPSA) is 119 Å². The molecule has 0 unspecified atom stereocenters. The lowest BCUT2D eigenvalue weighted by Crippen LogP contribution is -2.40. The number of nitriles is 1. The number of benzene rings is 2. The number of hydrogen-bond donors (Lipinski definition) is 2. The van der Waals surface area contributed by atoms with Gasteiger partial charge >= 0.3 is 0 Å². The first kappa shape index (κ1) is 21.2. The molecule has 1 aliphatic heterocycles. The van der Waals surface area contributed by atoms with Gasteiger partial charge in [-0.15, -0.1) is 0 Å². The van der Waals surface area contributed by atoms with Crippen molar-refractivity contribution in [3.63, 3.8) is 0 Å². The second kappa shape index (κ2) is 9.35. The van der Waals surface area contributed by atoms with Gasteiger partial charge in [-0.05, 0) is 60.9 Å². The molecule has 0 radical (unpaired) electrons. The van der Waals surface area contributed by atoms with Crippen LogP contribution in [0.4, 0.5) is 0 Å². The maximum Gasteiger partial charge on any atom is 0.269 e. The lowest BCUT2D eigenvalue weighted by atomic mass is 10.1. The molecule has 0 bridgehead atoms. The molecule has 0 atom stereocenters. The van der Waals surface area contributed by atoms with E-state index < -0.39 is 21.8 Å². The van der Waals surface area contributed by atoms with E-state index in [2.05, 4.69) is 10.9 Å². The molecule has 3 rings (SSSR count). The second-order valence-corrected chi connectivity index (χ2v) is 8.58.